The summed E-state index contributed by atoms with van der Waals surface area (Å²) in [4.78, 5) is 26.0. The van der Waals surface area contributed by atoms with Gasteiger partial charge in [0.1, 0.15) is 12.4 Å². The van der Waals surface area contributed by atoms with E-state index in [0.29, 0.717) is 30.5 Å². The number of halogens is 1. The minimum absolute atomic E-state index is 0.0522. The maximum Gasteiger partial charge on any atom is 0.227 e. The molecule has 1 aliphatic heterocycles. The molecule has 2 aromatic carbocycles. The van der Waals surface area contributed by atoms with E-state index in [9.17, 15) is 9.59 Å². The molecule has 0 saturated carbocycles. The van der Waals surface area contributed by atoms with Crippen molar-refractivity contribution in [2.45, 2.75) is 13.0 Å². The van der Waals surface area contributed by atoms with E-state index in [2.05, 4.69) is 11.9 Å². The van der Waals surface area contributed by atoms with Gasteiger partial charge < -0.3 is 15.0 Å². The van der Waals surface area contributed by atoms with E-state index in [1.165, 1.54) is 0 Å². The molecule has 0 spiro atoms. The molecule has 1 N–H and O–H groups in total. The average molecular weight is 385 g/mol. The zero-order valence-corrected chi connectivity index (χ0v) is 15.6. The highest BCUT2D eigenvalue weighted by molar-refractivity contribution is 6.30. The molecule has 1 aliphatic rings. The minimum atomic E-state index is -0.335. The second kappa shape index (κ2) is 8.73. The number of hydrogen-bond acceptors (Lipinski definition) is 3. The Hall–Kier alpha value is -2.79. The lowest BCUT2D eigenvalue weighted by Crippen LogP contribution is -2.32. The molecular weight excluding hydrogens is 364 g/mol. The van der Waals surface area contributed by atoms with Crippen LogP contribution >= 0.6 is 11.6 Å². The zero-order chi connectivity index (χ0) is 19.2. The van der Waals surface area contributed by atoms with Gasteiger partial charge in [-0.2, -0.15) is 0 Å². The largest absolute Gasteiger partial charge is 0.489 e. The van der Waals surface area contributed by atoms with Gasteiger partial charge in [0.2, 0.25) is 11.8 Å². The Balaban J connectivity index is 1.58. The summed E-state index contributed by atoms with van der Waals surface area (Å²) < 4.78 is 5.76. The zero-order valence-electron chi connectivity index (χ0n) is 14.9. The van der Waals surface area contributed by atoms with Crippen LogP contribution < -0.4 is 15.0 Å². The average Bonchev–Trinajstić information content (AvgIpc) is 3.08. The fourth-order valence-corrected chi connectivity index (χ4v) is 3.05. The van der Waals surface area contributed by atoms with Crippen LogP contribution in [-0.2, 0) is 16.2 Å². The summed E-state index contributed by atoms with van der Waals surface area (Å²) in [5, 5.41) is 3.44. The number of rotatable bonds is 7. The number of carbonyl (C=O) groups excluding carboxylic acids is 2. The van der Waals surface area contributed by atoms with Crippen molar-refractivity contribution in [1.29, 1.82) is 0 Å². The van der Waals surface area contributed by atoms with Gasteiger partial charge in [-0.15, -0.1) is 6.58 Å². The summed E-state index contributed by atoms with van der Waals surface area (Å²) in [6.45, 7) is 4.80. The van der Waals surface area contributed by atoms with Crippen molar-refractivity contribution < 1.29 is 14.3 Å². The van der Waals surface area contributed by atoms with Crippen LogP contribution in [0.15, 0.2) is 61.2 Å². The third-order valence-corrected chi connectivity index (χ3v) is 4.64. The third kappa shape index (κ3) is 4.89. The smallest absolute Gasteiger partial charge is 0.227 e. The molecule has 27 heavy (non-hydrogen) atoms. The maximum absolute atomic E-state index is 12.3. The highest BCUT2D eigenvalue weighted by Gasteiger charge is 2.34. The van der Waals surface area contributed by atoms with Crippen LogP contribution in [0.5, 0.6) is 5.75 Å². The van der Waals surface area contributed by atoms with Crippen LogP contribution in [0.25, 0.3) is 0 Å². The minimum Gasteiger partial charge on any atom is -0.489 e. The molecule has 5 nitrogen and oxygen atoms in total. The molecule has 2 amide bonds. The first-order valence-corrected chi connectivity index (χ1v) is 9.11. The van der Waals surface area contributed by atoms with Gasteiger partial charge in [-0.05, 0) is 42.0 Å². The van der Waals surface area contributed by atoms with E-state index < -0.39 is 0 Å². The molecule has 6 heteroatoms. The van der Waals surface area contributed by atoms with E-state index in [4.69, 9.17) is 16.3 Å². The predicted molar refractivity (Wildman–Crippen MR) is 106 cm³/mol. The summed E-state index contributed by atoms with van der Waals surface area (Å²) in [5.41, 5.74) is 1.78. The van der Waals surface area contributed by atoms with Crippen molar-refractivity contribution in [2.75, 3.05) is 18.0 Å². The quantitative estimate of drug-likeness (QED) is 0.742. The first-order valence-electron chi connectivity index (χ1n) is 8.73. The number of amides is 2. The number of carbonyl (C=O) groups is 2. The van der Waals surface area contributed by atoms with Crippen LogP contribution in [0.2, 0.25) is 5.02 Å². The summed E-state index contributed by atoms with van der Waals surface area (Å²) in [6.07, 6.45) is 1.84. The second-order valence-electron chi connectivity index (χ2n) is 6.35. The summed E-state index contributed by atoms with van der Waals surface area (Å²) in [5.74, 6) is 0.205. The molecule has 0 radical (unpaired) electrons. The lowest BCUT2D eigenvalue weighted by molar-refractivity contribution is -0.126. The van der Waals surface area contributed by atoms with Crippen LogP contribution in [-0.4, -0.2) is 24.9 Å². The predicted octanol–water partition coefficient (Wildman–Crippen LogP) is 3.57. The summed E-state index contributed by atoms with van der Waals surface area (Å²) in [7, 11) is 0. The van der Waals surface area contributed by atoms with Gasteiger partial charge in [-0.3, -0.25) is 9.59 Å². The van der Waals surface area contributed by atoms with E-state index in [1.54, 1.807) is 11.0 Å². The van der Waals surface area contributed by atoms with Crippen LogP contribution in [0.4, 0.5) is 5.69 Å². The standard InChI is InChI=1S/C21H21ClN2O3/c1-2-11-23-21(26)16-12-20(25)24(13-16)18-7-9-19(10-8-18)27-14-15-3-5-17(22)6-4-15/h2-10,16H,1,11-14H2,(H,23,26). The Morgan fingerprint density at radius 2 is 1.93 bits per heavy atom. The molecule has 0 bridgehead atoms. The van der Waals surface area contributed by atoms with Gasteiger partial charge in [0, 0.05) is 30.2 Å². The monoisotopic (exact) mass is 384 g/mol. The molecule has 1 unspecified atom stereocenters. The van der Waals surface area contributed by atoms with Crippen molar-refractivity contribution in [1.82, 2.24) is 5.32 Å². The van der Waals surface area contributed by atoms with Crippen LogP contribution in [0.3, 0.4) is 0 Å². The number of ether oxygens (including phenoxy) is 1. The SMILES string of the molecule is C=CCNC(=O)C1CC(=O)N(c2ccc(OCc3ccc(Cl)cc3)cc2)C1. The lowest BCUT2D eigenvalue weighted by Gasteiger charge is -2.17. The molecule has 2 aromatic rings. The van der Waals surface area contributed by atoms with Gasteiger partial charge in [-0.25, -0.2) is 0 Å². The number of nitrogens with one attached hydrogen (secondary N) is 1. The first kappa shape index (κ1) is 19.0. The molecule has 3 rings (SSSR count). The Morgan fingerprint density at radius 1 is 1.22 bits per heavy atom. The summed E-state index contributed by atoms with van der Waals surface area (Å²) in [6, 6.07) is 14.8. The van der Waals surface area contributed by atoms with Gasteiger partial charge in [0.05, 0.1) is 5.92 Å². The van der Waals surface area contributed by atoms with Crippen molar-refractivity contribution in [2.24, 2.45) is 5.92 Å². The van der Waals surface area contributed by atoms with E-state index in [0.717, 1.165) is 11.3 Å². The molecule has 0 aromatic heterocycles. The molecule has 0 aliphatic carbocycles. The fourth-order valence-electron chi connectivity index (χ4n) is 2.92. The van der Waals surface area contributed by atoms with Crippen molar-refractivity contribution in [3.8, 4) is 5.75 Å². The van der Waals surface area contributed by atoms with Crippen LogP contribution in [0.1, 0.15) is 12.0 Å². The number of nitrogens with zero attached hydrogens (tertiary/aromatic N) is 1. The van der Waals surface area contributed by atoms with Crippen LogP contribution in [0, 0.1) is 5.92 Å². The first-order chi connectivity index (χ1) is 13.1. The molecule has 1 fully saturated rings. The third-order valence-electron chi connectivity index (χ3n) is 4.38. The fraction of sp³-hybridized carbons (Fsp3) is 0.238. The molecule has 1 heterocycles. The molecular formula is C21H21ClN2O3. The summed E-state index contributed by atoms with van der Waals surface area (Å²) >= 11 is 5.87. The second-order valence-corrected chi connectivity index (χ2v) is 6.78. The highest BCUT2D eigenvalue weighted by Crippen LogP contribution is 2.27. The Labute approximate surface area is 163 Å². The van der Waals surface area contributed by atoms with Gasteiger partial charge in [-0.1, -0.05) is 29.8 Å². The van der Waals surface area contributed by atoms with Crippen molar-refractivity contribution in [3.05, 3.63) is 71.8 Å². The van der Waals surface area contributed by atoms with E-state index in [1.807, 2.05) is 48.5 Å². The van der Waals surface area contributed by atoms with Gasteiger partial charge >= 0.3 is 0 Å². The van der Waals surface area contributed by atoms with E-state index >= 15 is 0 Å². The van der Waals surface area contributed by atoms with Crippen molar-refractivity contribution in [3.63, 3.8) is 0 Å². The Morgan fingerprint density at radius 3 is 2.59 bits per heavy atom. The molecule has 140 valence electrons. The van der Waals surface area contributed by atoms with Gasteiger partial charge in [0.15, 0.2) is 0 Å². The molecule has 1 saturated heterocycles. The molecule has 1 atom stereocenters. The lowest BCUT2D eigenvalue weighted by atomic mass is 10.1. The Kier molecular flexibility index (Phi) is 6.14. The van der Waals surface area contributed by atoms with Crippen molar-refractivity contribution >= 4 is 29.1 Å². The maximum atomic E-state index is 12.3. The number of anilines is 1. The highest BCUT2D eigenvalue weighted by atomic mass is 35.5. The van der Waals surface area contributed by atoms with E-state index in [-0.39, 0.29) is 24.2 Å². The number of hydrogen-bond donors (Lipinski definition) is 1. The number of benzene rings is 2. The Bertz CT molecular complexity index is 818. The van der Waals surface area contributed by atoms with Gasteiger partial charge in [0.25, 0.3) is 0 Å². The normalized spacial score (nSPS) is 16.3. The topological polar surface area (TPSA) is 58.6 Å².